The molecule has 3 heteroatoms. The van der Waals surface area contributed by atoms with Gasteiger partial charge in [-0.25, -0.2) is 0 Å². The summed E-state index contributed by atoms with van der Waals surface area (Å²) in [6.07, 6.45) is 3.29. The second-order valence-corrected chi connectivity index (χ2v) is 3.97. The third kappa shape index (κ3) is 3.88. The summed E-state index contributed by atoms with van der Waals surface area (Å²) >= 11 is 3.38. The molecule has 1 aromatic rings. The largest absolute Gasteiger partial charge is 0.493 e. The molecule has 2 nitrogen and oxygen atoms in total. The van der Waals surface area contributed by atoms with Crippen LogP contribution in [0.1, 0.15) is 19.4 Å². The van der Waals surface area contributed by atoms with E-state index in [1.807, 2.05) is 25.1 Å². The molecule has 0 aliphatic rings. The van der Waals surface area contributed by atoms with Crippen molar-refractivity contribution in [1.82, 2.24) is 0 Å². The Morgan fingerprint density at radius 2 is 2.27 bits per heavy atom. The van der Waals surface area contributed by atoms with Crippen LogP contribution >= 0.6 is 15.9 Å². The van der Waals surface area contributed by atoms with Crippen LogP contribution in [-0.4, -0.2) is 12.4 Å². The zero-order valence-corrected chi connectivity index (χ0v) is 10.4. The van der Waals surface area contributed by atoms with E-state index in [1.165, 1.54) is 13.0 Å². The van der Waals surface area contributed by atoms with Crippen LogP contribution in [0.4, 0.5) is 0 Å². The van der Waals surface area contributed by atoms with Crippen LogP contribution in [-0.2, 0) is 4.79 Å². The predicted molar refractivity (Wildman–Crippen MR) is 65.0 cm³/mol. The first kappa shape index (κ1) is 12.0. The lowest BCUT2D eigenvalue weighted by Crippen LogP contribution is -1.94. The number of carbonyl (C=O) groups excluding carboxylic acids is 1. The molecule has 0 saturated carbocycles. The molecule has 80 valence electrons. The minimum absolute atomic E-state index is 0.0254. The molecular weight excluding hydrogens is 256 g/mol. The highest BCUT2D eigenvalue weighted by atomic mass is 79.9. The monoisotopic (exact) mass is 268 g/mol. The van der Waals surface area contributed by atoms with Crippen molar-refractivity contribution in [2.45, 2.75) is 13.8 Å². The summed E-state index contributed by atoms with van der Waals surface area (Å²) in [5.41, 5.74) is 0.904. The average molecular weight is 269 g/mol. The summed E-state index contributed by atoms with van der Waals surface area (Å²) in [5, 5.41) is 0. The smallest absolute Gasteiger partial charge is 0.152 e. The van der Waals surface area contributed by atoms with Crippen molar-refractivity contribution >= 4 is 27.8 Å². The van der Waals surface area contributed by atoms with Crippen molar-refractivity contribution in [2.75, 3.05) is 6.61 Å². The second-order valence-electron chi connectivity index (χ2n) is 3.06. The predicted octanol–water partition coefficient (Wildman–Crippen LogP) is 3.45. The fourth-order valence-electron chi connectivity index (χ4n) is 1.14. The van der Waals surface area contributed by atoms with E-state index in [0.717, 1.165) is 15.8 Å². The Hall–Kier alpha value is -1.09. The molecule has 15 heavy (non-hydrogen) atoms. The summed E-state index contributed by atoms with van der Waals surface area (Å²) in [6.45, 7) is 4.07. The highest BCUT2D eigenvalue weighted by molar-refractivity contribution is 9.10. The topological polar surface area (TPSA) is 26.3 Å². The van der Waals surface area contributed by atoms with Gasteiger partial charge in [-0.15, -0.1) is 0 Å². The molecule has 0 aromatic heterocycles. The van der Waals surface area contributed by atoms with Crippen molar-refractivity contribution in [3.8, 4) is 5.75 Å². The van der Waals surface area contributed by atoms with Gasteiger partial charge in [0.15, 0.2) is 5.78 Å². The Balaban J connectivity index is 3.01. The number of rotatable bonds is 4. The van der Waals surface area contributed by atoms with Gasteiger partial charge in [-0.1, -0.05) is 15.9 Å². The number of carbonyl (C=O) groups is 1. The molecule has 0 atom stereocenters. The van der Waals surface area contributed by atoms with Gasteiger partial charge in [-0.05, 0) is 44.2 Å². The Morgan fingerprint density at radius 1 is 1.53 bits per heavy atom. The van der Waals surface area contributed by atoms with E-state index >= 15 is 0 Å². The van der Waals surface area contributed by atoms with E-state index in [-0.39, 0.29) is 5.78 Å². The van der Waals surface area contributed by atoms with Crippen LogP contribution in [0.5, 0.6) is 5.75 Å². The van der Waals surface area contributed by atoms with E-state index in [0.29, 0.717) is 6.61 Å². The van der Waals surface area contributed by atoms with Gasteiger partial charge in [-0.3, -0.25) is 4.79 Å². The minimum atomic E-state index is 0.0254. The Morgan fingerprint density at radius 3 is 2.87 bits per heavy atom. The van der Waals surface area contributed by atoms with Gasteiger partial charge in [0, 0.05) is 10.0 Å². The maximum Gasteiger partial charge on any atom is 0.152 e. The molecule has 0 fully saturated rings. The fourth-order valence-corrected chi connectivity index (χ4v) is 1.52. The first-order valence-electron chi connectivity index (χ1n) is 4.74. The van der Waals surface area contributed by atoms with Gasteiger partial charge < -0.3 is 4.74 Å². The van der Waals surface area contributed by atoms with Crippen molar-refractivity contribution < 1.29 is 9.53 Å². The lowest BCUT2D eigenvalue weighted by atomic mass is 10.2. The number of ketones is 1. The highest BCUT2D eigenvalue weighted by Crippen LogP contribution is 2.24. The zero-order chi connectivity index (χ0) is 11.3. The summed E-state index contributed by atoms with van der Waals surface area (Å²) in [7, 11) is 0. The molecule has 0 saturated heterocycles. The van der Waals surface area contributed by atoms with Crippen molar-refractivity contribution in [2.24, 2.45) is 0 Å². The molecule has 1 aromatic carbocycles. The standard InChI is InChI=1S/C12H13BrO2/c1-3-15-12-7-6-11(13)8-10(12)5-4-9(2)14/h4-8H,3H2,1-2H3/b5-4-. The molecular formula is C12H13BrO2. The molecule has 0 aliphatic carbocycles. The molecule has 0 aliphatic heterocycles. The molecule has 0 N–H and O–H groups in total. The summed E-state index contributed by atoms with van der Waals surface area (Å²) in [4.78, 5) is 10.8. The lowest BCUT2D eigenvalue weighted by Gasteiger charge is -2.07. The van der Waals surface area contributed by atoms with Gasteiger partial charge in [0.05, 0.1) is 6.61 Å². The normalized spacial score (nSPS) is 10.6. The average Bonchev–Trinajstić information content (AvgIpc) is 2.18. The van der Waals surface area contributed by atoms with E-state index in [2.05, 4.69) is 15.9 Å². The van der Waals surface area contributed by atoms with E-state index in [1.54, 1.807) is 6.08 Å². The highest BCUT2D eigenvalue weighted by Gasteiger charge is 2.00. The van der Waals surface area contributed by atoms with E-state index in [4.69, 9.17) is 4.74 Å². The molecule has 0 bridgehead atoms. The number of hydrogen-bond donors (Lipinski definition) is 0. The fraction of sp³-hybridized carbons (Fsp3) is 0.250. The van der Waals surface area contributed by atoms with Gasteiger partial charge in [0.25, 0.3) is 0 Å². The third-order valence-corrected chi connectivity index (χ3v) is 2.26. The van der Waals surface area contributed by atoms with Crippen LogP contribution in [0.3, 0.4) is 0 Å². The summed E-state index contributed by atoms with van der Waals surface area (Å²) in [6, 6.07) is 5.72. The van der Waals surface area contributed by atoms with Crippen LogP contribution < -0.4 is 4.74 Å². The van der Waals surface area contributed by atoms with Gasteiger partial charge in [0.1, 0.15) is 5.75 Å². The maximum absolute atomic E-state index is 10.8. The molecule has 0 spiro atoms. The van der Waals surface area contributed by atoms with E-state index in [9.17, 15) is 4.79 Å². The molecule has 1 rings (SSSR count). The Kier molecular flexibility index (Phi) is 4.56. The maximum atomic E-state index is 10.8. The first-order chi connectivity index (χ1) is 7.13. The summed E-state index contributed by atoms with van der Waals surface area (Å²) in [5.74, 6) is 0.815. The Bertz CT molecular complexity index is 383. The number of benzene rings is 1. The zero-order valence-electron chi connectivity index (χ0n) is 8.79. The summed E-state index contributed by atoms with van der Waals surface area (Å²) < 4.78 is 6.41. The molecule has 0 amide bonds. The van der Waals surface area contributed by atoms with Crippen molar-refractivity contribution in [3.63, 3.8) is 0 Å². The van der Waals surface area contributed by atoms with Crippen molar-refractivity contribution in [1.29, 1.82) is 0 Å². The molecule has 0 radical (unpaired) electrons. The van der Waals surface area contributed by atoms with Crippen LogP contribution in [0.2, 0.25) is 0 Å². The molecule has 0 unspecified atom stereocenters. The van der Waals surface area contributed by atoms with Gasteiger partial charge in [-0.2, -0.15) is 0 Å². The second kappa shape index (κ2) is 5.71. The minimum Gasteiger partial charge on any atom is -0.493 e. The molecule has 0 heterocycles. The van der Waals surface area contributed by atoms with Gasteiger partial charge in [0.2, 0.25) is 0 Å². The van der Waals surface area contributed by atoms with Gasteiger partial charge >= 0.3 is 0 Å². The number of halogens is 1. The number of allylic oxidation sites excluding steroid dienone is 1. The van der Waals surface area contributed by atoms with Crippen molar-refractivity contribution in [3.05, 3.63) is 34.3 Å². The van der Waals surface area contributed by atoms with Crippen LogP contribution in [0.15, 0.2) is 28.7 Å². The lowest BCUT2D eigenvalue weighted by molar-refractivity contribution is -0.112. The quantitative estimate of drug-likeness (QED) is 0.782. The third-order valence-electron chi connectivity index (χ3n) is 1.77. The number of ether oxygens (including phenoxy) is 1. The first-order valence-corrected chi connectivity index (χ1v) is 5.53. The SMILES string of the molecule is CCOc1ccc(Br)cc1/C=C\C(C)=O. The van der Waals surface area contributed by atoms with Crippen LogP contribution in [0, 0.1) is 0 Å². The van der Waals surface area contributed by atoms with E-state index < -0.39 is 0 Å². The van der Waals surface area contributed by atoms with Crippen LogP contribution in [0.25, 0.3) is 6.08 Å². The Labute approximate surface area is 98.1 Å². The number of hydrogen-bond acceptors (Lipinski definition) is 2.